The first-order valence-electron chi connectivity index (χ1n) is 7.60. The first-order valence-corrected chi connectivity index (χ1v) is 7.60. The molecule has 0 aliphatic heterocycles. The second-order valence-electron chi connectivity index (χ2n) is 5.96. The number of carbonyl (C=O) groups excluding carboxylic acids is 1. The molecule has 0 aliphatic carbocycles. The first kappa shape index (κ1) is 19.4. The Labute approximate surface area is 128 Å². The molecular formula is C17H29NO3. The molecule has 1 amide bonds. The highest BCUT2D eigenvalue weighted by Crippen LogP contribution is 2.11. The molecule has 0 aromatic rings. The van der Waals surface area contributed by atoms with Crippen molar-refractivity contribution in [1.29, 1.82) is 0 Å². The topological polar surface area (TPSA) is 66.4 Å². The first-order chi connectivity index (χ1) is 9.76. The van der Waals surface area contributed by atoms with Crippen LogP contribution in [-0.4, -0.2) is 23.0 Å². The summed E-state index contributed by atoms with van der Waals surface area (Å²) >= 11 is 0. The van der Waals surface area contributed by atoms with Crippen LogP contribution in [0.15, 0.2) is 23.3 Å². The van der Waals surface area contributed by atoms with Crippen LogP contribution >= 0.6 is 0 Å². The van der Waals surface area contributed by atoms with Gasteiger partial charge >= 0.3 is 5.97 Å². The zero-order valence-electron chi connectivity index (χ0n) is 13.9. The van der Waals surface area contributed by atoms with Crippen molar-refractivity contribution in [3.8, 4) is 0 Å². The summed E-state index contributed by atoms with van der Waals surface area (Å²) in [7, 11) is 0. The lowest BCUT2D eigenvalue weighted by Crippen LogP contribution is -2.41. The lowest BCUT2D eigenvalue weighted by molar-refractivity contribution is -0.141. The van der Waals surface area contributed by atoms with E-state index in [0.717, 1.165) is 24.8 Å². The summed E-state index contributed by atoms with van der Waals surface area (Å²) in [5, 5.41) is 11.7. The molecule has 0 bridgehead atoms. The molecule has 4 heteroatoms. The fraction of sp³-hybridized carbons (Fsp3) is 0.647. The normalized spacial score (nSPS) is 14.2. The molecule has 0 fully saturated rings. The van der Waals surface area contributed by atoms with E-state index in [1.807, 2.05) is 34.6 Å². The highest BCUT2D eigenvalue weighted by atomic mass is 16.4. The van der Waals surface area contributed by atoms with Crippen molar-refractivity contribution in [3.63, 3.8) is 0 Å². The average molecular weight is 295 g/mol. The second kappa shape index (κ2) is 10.2. The van der Waals surface area contributed by atoms with Gasteiger partial charge in [0.05, 0.1) is 0 Å². The Morgan fingerprint density at radius 2 is 1.86 bits per heavy atom. The molecule has 2 unspecified atom stereocenters. The number of carboxylic acid groups (broad SMARTS) is 1. The van der Waals surface area contributed by atoms with Gasteiger partial charge in [0.25, 0.3) is 0 Å². The molecule has 2 N–H and O–H groups in total. The number of allylic oxidation sites excluding steroid dienone is 3. The van der Waals surface area contributed by atoms with Gasteiger partial charge in [-0.1, -0.05) is 37.5 Å². The van der Waals surface area contributed by atoms with Crippen molar-refractivity contribution in [2.75, 3.05) is 0 Å². The summed E-state index contributed by atoms with van der Waals surface area (Å²) in [5.74, 6) is -1.02. The van der Waals surface area contributed by atoms with Crippen LogP contribution in [0.5, 0.6) is 0 Å². The fourth-order valence-corrected chi connectivity index (χ4v) is 1.89. The zero-order chi connectivity index (χ0) is 16.4. The molecule has 0 heterocycles. The van der Waals surface area contributed by atoms with Crippen LogP contribution in [-0.2, 0) is 9.59 Å². The molecule has 0 aliphatic rings. The average Bonchev–Trinajstić information content (AvgIpc) is 2.36. The van der Waals surface area contributed by atoms with Gasteiger partial charge in [-0.3, -0.25) is 4.79 Å². The molecule has 0 saturated heterocycles. The minimum atomic E-state index is -0.973. The lowest BCUT2D eigenvalue weighted by Gasteiger charge is -2.17. The van der Waals surface area contributed by atoms with E-state index in [-0.39, 0.29) is 11.8 Å². The van der Waals surface area contributed by atoms with Gasteiger partial charge in [0.15, 0.2) is 0 Å². The Morgan fingerprint density at radius 3 is 2.33 bits per heavy atom. The Bertz CT molecular complexity index is 406. The number of nitrogens with one attached hydrogen (secondary N) is 1. The largest absolute Gasteiger partial charge is 0.480 e. The van der Waals surface area contributed by atoms with E-state index in [0.29, 0.717) is 6.42 Å². The van der Waals surface area contributed by atoms with E-state index in [4.69, 9.17) is 5.11 Å². The van der Waals surface area contributed by atoms with E-state index in [1.165, 1.54) is 11.6 Å². The van der Waals surface area contributed by atoms with Crippen LogP contribution in [0, 0.1) is 5.92 Å². The highest BCUT2D eigenvalue weighted by molar-refractivity contribution is 5.91. The predicted octanol–water partition coefficient (Wildman–Crippen LogP) is 3.68. The molecule has 0 rings (SSSR count). The number of rotatable bonds is 9. The van der Waals surface area contributed by atoms with Gasteiger partial charge in [0.2, 0.25) is 5.91 Å². The van der Waals surface area contributed by atoms with Gasteiger partial charge in [-0.05, 0) is 46.0 Å². The van der Waals surface area contributed by atoms with E-state index in [9.17, 15) is 9.59 Å². The third-order valence-corrected chi connectivity index (χ3v) is 3.42. The molecule has 21 heavy (non-hydrogen) atoms. The molecule has 0 radical (unpaired) electrons. The van der Waals surface area contributed by atoms with Crippen molar-refractivity contribution in [2.24, 2.45) is 5.92 Å². The number of amides is 1. The minimum Gasteiger partial charge on any atom is -0.480 e. The van der Waals surface area contributed by atoms with Crippen LogP contribution in [0.1, 0.15) is 60.3 Å². The molecular weight excluding hydrogens is 266 g/mol. The van der Waals surface area contributed by atoms with Crippen molar-refractivity contribution >= 4 is 11.9 Å². The monoisotopic (exact) mass is 295 g/mol. The van der Waals surface area contributed by atoms with Crippen molar-refractivity contribution in [1.82, 2.24) is 5.32 Å². The molecule has 0 aromatic carbocycles. The molecule has 0 saturated carbocycles. The van der Waals surface area contributed by atoms with Crippen molar-refractivity contribution in [3.05, 3.63) is 23.3 Å². The van der Waals surface area contributed by atoms with Gasteiger partial charge in [-0.2, -0.15) is 0 Å². The number of aliphatic carboxylic acids is 1. The van der Waals surface area contributed by atoms with Crippen molar-refractivity contribution in [2.45, 2.75) is 66.3 Å². The van der Waals surface area contributed by atoms with Crippen LogP contribution in [0.2, 0.25) is 0 Å². The van der Waals surface area contributed by atoms with E-state index >= 15 is 0 Å². The molecule has 4 nitrogen and oxygen atoms in total. The quantitative estimate of drug-likeness (QED) is 0.503. The Hall–Kier alpha value is -1.58. The van der Waals surface area contributed by atoms with Gasteiger partial charge in [0.1, 0.15) is 6.04 Å². The van der Waals surface area contributed by atoms with Gasteiger partial charge in [-0.25, -0.2) is 4.79 Å². The third kappa shape index (κ3) is 9.88. The van der Waals surface area contributed by atoms with Crippen LogP contribution in [0.4, 0.5) is 0 Å². The standard InChI is InChI=1S/C17H29NO3/c1-6-13(4)10-15(17(20)21)18-16(19)11-14(5)9-7-8-12(2)3/h8,11,13,15H,6-7,9-10H2,1-5H3,(H,18,19)(H,20,21)/b14-11+. The van der Waals surface area contributed by atoms with Crippen LogP contribution < -0.4 is 5.32 Å². The summed E-state index contributed by atoms with van der Waals surface area (Å²) in [4.78, 5) is 23.0. The predicted molar refractivity (Wildman–Crippen MR) is 86.1 cm³/mol. The SMILES string of the molecule is CCC(C)CC(NC(=O)/C=C(\C)CCC=C(C)C)C(=O)O. The van der Waals surface area contributed by atoms with Crippen LogP contribution in [0.3, 0.4) is 0 Å². The zero-order valence-corrected chi connectivity index (χ0v) is 13.9. The number of carbonyl (C=O) groups is 2. The molecule has 0 spiro atoms. The summed E-state index contributed by atoms with van der Waals surface area (Å²) in [5.41, 5.74) is 2.21. The maximum atomic E-state index is 11.9. The lowest BCUT2D eigenvalue weighted by atomic mass is 9.99. The molecule has 2 atom stereocenters. The molecule has 120 valence electrons. The summed E-state index contributed by atoms with van der Waals surface area (Å²) in [6, 6.07) is -0.811. The fourth-order valence-electron chi connectivity index (χ4n) is 1.89. The Kier molecular flexibility index (Phi) is 9.42. The maximum absolute atomic E-state index is 11.9. The van der Waals surface area contributed by atoms with Crippen molar-refractivity contribution < 1.29 is 14.7 Å². The van der Waals surface area contributed by atoms with Gasteiger partial charge in [0, 0.05) is 6.08 Å². The maximum Gasteiger partial charge on any atom is 0.326 e. The Balaban J connectivity index is 4.48. The van der Waals surface area contributed by atoms with Gasteiger partial charge in [-0.15, -0.1) is 0 Å². The van der Waals surface area contributed by atoms with Crippen LogP contribution in [0.25, 0.3) is 0 Å². The van der Waals surface area contributed by atoms with E-state index < -0.39 is 12.0 Å². The third-order valence-electron chi connectivity index (χ3n) is 3.42. The second-order valence-corrected chi connectivity index (χ2v) is 5.96. The van der Waals surface area contributed by atoms with Gasteiger partial charge < -0.3 is 10.4 Å². The van der Waals surface area contributed by atoms with E-state index in [1.54, 1.807) is 0 Å². The Morgan fingerprint density at radius 1 is 1.24 bits per heavy atom. The summed E-state index contributed by atoms with van der Waals surface area (Å²) in [6.45, 7) is 9.97. The summed E-state index contributed by atoms with van der Waals surface area (Å²) in [6.07, 6.45) is 6.69. The highest BCUT2D eigenvalue weighted by Gasteiger charge is 2.21. The number of hydrogen-bond donors (Lipinski definition) is 2. The van der Waals surface area contributed by atoms with E-state index in [2.05, 4.69) is 11.4 Å². The summed E-state index contributed by atoms with van der Waals surface area (Å²) < 4.78 is 0. The smallest absolute Gasteiger partial charge is 0.326 e. The number of hydrogen-bond acceptors (Lipinski definition) is 2. The molecule has 0 aromatic heterocycles. The minimum absolute atomic E-state index is 0.272. The number of carboxylic acids is 1.